The first-order chi connectivity index (χ1) is 8.26. The van der Waals surface area contributed by atoms with E-state index in [1.54, 1.807) is 7.11 Å². The van der Waals surface area contributed by atoms with Crippen LogP contribution in [0.15, 0.2) is 0 Å². The second-order valence-corrected chi connectivity index (χ2v) is 4.62. The number of nitriles is 1. The Bertz CT molecular complexity index is 242. The highest BCUT2D eigenvalue weighted by molar-refractivity contribution is 5.04. The molecule has 4 heteroatoms. The van der Waals surface area contributed by atoms with Crippen molar-refractivity contribution in [1.82, 2.24) is 4.90 Å². The number of rotatable bonds is 7. The average Bonchev–Trinajstić information content (AvgIpc) is 2.39. The van der Waals surface area contributed by atoms with Gasteiger partial charge in [-0.15, -0.1) is 0 Å². The smallest absolute Gasteiger partial charge is 0.156 e. The van der Waals surface area contributed by atoms with Crippen LogP contribution >= 0.6 is 0 Å². The Morgan fingerprint density at radius 2 is 2.00 bits per heavy atom. The zero-order valence-electron chi connectivity index (χ0n) is 11.1. The zero-order valence-corrected chi connectivity index (χ0v) is 11.1. The molecule has 1 heterocycles. The molecule has 0 bridgehead atoms. The number of hydrogen-bond acceptors (Lipinski definition) is 4. The molecule has 0 amide bonds. The van der Waals surface area contributed by atoms with Crippen molar-refractivity contribution in [2.45, 2.75) is 38.2 Å². The minimum Gasteiger partial charge on any atom is -0.380 e. The average molecular weight is 240 g/mol. The minimum absolute atomic E-state index is 0.542. The molecule has 0 radical (unpaired) electrons. The van der Waals surface area contributed by atoms with Crippen molar-refractivity contribution < 1.29 is 9.47 Å². The summed E-state index contributed by atoms with van der Waals surface area (Å²) in [5.74, 6) is 0. The molecule has 0 aromatic rings. The summed E-state index contributed by atoms with van der Waals surface area (Å²) in [7, 11) is 1.63. The van der Waals surface area contributed by atoms with Gasteiger partial charge in [-0.05, 0) is 6.42 Å². The van der Waals surface area contributed by atoms with E-state index in [4.69, 9.17) is 14.7 Å². The molecule has 1 aliphatic rings. The van der Waals surface area contributed by atoms with Gasteiger partial charge in [0, 0.05) is 46.2 Å². The summed E-state index contributed by atoms with van der Waals surface area (Å²) in [5, 5.41) is 9.08. The molecule has 0 aromatic heterocycles. The fraction of sp³-hybridized carbons (Fsp3) is 0.923. The lowest BCUT2D eigenvalue weighted by Crippen LogP contribution is -2.45. The lowest BCUT2D eigenvalue weighted by Gasteiger charge is -2.36. The molecular formula is C13H24N2O2. The molecule has 0 saturated carbocycles. The molecule has 1 rings (SSSR count). The van der Waals surface area contributed by atoms with Crippen LogP contribution in [0.25, 0.3) is 0 Å². The number of methoxy groups -OCH3 is 1. The summed E-state index contributed by atoms with van der Waals surface area (Å²) < 4.78 is 10.9. The number of hydrogen-bond donors (Lipinski definition) is 0. The highest BCUT2D eigenvalue weighted by atomic mass is 16.5. The number of ether oxygens (including phenoxy) is 2. The van der Waals surface area contributed by atoms with Crippen LogP contribution < -0.4 is 0 Å². The first-order valence-electron chi connectivity index (χ1n) is 6.53. The molecule has 17 heavy (non-hydrogen) atoms. The van der Waals surface area contributed by atoms with Gasteiger partial charge in [-0.3, -0.25) is 0 Å². The van der Waals surface area contributed by atoms with Crippen LogP contribution in [-0.4, -0.2) is 50.5 Å². The topological polar surface area (TPSA) is 45.5 Å². The van der Waals surface area contributed by atoms with E-state index < -0.39 is 5.60 Å². The van der Waals surface area contributed by atoms with Crippen molar-refractivity contribution in [3.05, 3.63) is 0 Å². The predicted molar refractivity (Wildman–Crippen MR) is 66.8 cm³/mol. The lowest BCUT2D eigenvalue weighted by molar-refractivity contribution is -0.0194. The highest BCUT2D eigenvalue weighted by Gasteiger charge is 2.34. The van der Waals surface area contributed by atoms with Crippen LogP contribution in [0.5, 0.6) is 0 Å². The zero-order chi connectivity index (χ0) is 12.6. The number of unbranched alkanes of at least 4 members (excludes halogenated alkanes) is 1. The van der Waals surface area contributed by atoms with Gasteiger partial charge in [-0.1, -0.05) is 13.3 Å². The van der Waals surface area contributed by atoms with Crippen molar-refractivity contribution in [2.75, 3.05) is 40.0 Å². The van der Waals surface area contributed by atoms with E-state index in [1.807, 2.05) is 0 Å². The van der Waals surface area contributed by atoms with E-state index in [-0.39, 0.29) is 0 Å². The van der Waals surface area contributed by atoms with Gasteiger partial charge < -0.3 is 14.4 Å². The van der Waals surface area contributed by atoms with Crippen LogP contribution in [0.2, 0.25) is 0 Å². The molecule has 1 saturated heterocycles. The first-order valence-corrected chi connectivity index (χ1v) is 6.53. The van der Waals surface area contributed by atoms with Gasteiger partial charge in [0.1, 0.15) is 0 Å². The molecular weight excluding hydrogens is 216 g/mol. The van der Waals surface area contributed by atoms with Crippen molar-refractivity contribution in [3.63, 3.8) is 0 Å². The summed E-state index contributed by atoms with van der Waals surface area (Å²) in [6.07, 6.45) is 3.92. The van der Waals surface area contributed by atoms with E-state index >= 15 is 0 Å². The van der Waals surface area contributed by atoms with E-state index in [0.29, 0.717) is 0 Å². The Morgan fingerprint density at radius 3 is 2.53 bits per heavy atom. The van der Waals surface area contributed by atoms with Crippen LogP contribution in [-0.2, 0) is 9.47 Å². The number of likely N-dealkylation sites (tertiary alicyclic amines) is 1. The Hall–Kier alpha value is -0.630. The molecule has 0 aromatic carbocycles. The van der Waals surface area contributed by atoms with E-state index in [0.717, 1.165) is 52.1 Å². The quantitative estimate of drug-likeness (QED) is 0.637. The van der Waals surface area contributed by atoms with E-state index in [2.05, 4.69) is 17.9 Å². The molecule has 0 atom stereocenters. The maximum atomic E-state index is 9.08. The summed E-state index contributed by atoms with van der Waals surface area (Å²) in [6, 6.07) is 2.29. The summed E-state index contributed by atoms with van der Waals surface area (Å²) in [5.41, 5.74) is -0.542. The molecule has 0 aliphatic carbocycles. The third kappa shape index (κ3) is 4.63. The lowest BCUT2D eigenvalue weighted by atomic mass is 9.93. The normalized spacial score (nSPS) is 20.1. The monoisotopic (exact) mass is 240 g/mol. The van der Waals surface area contributed by atoms with Crippen molar-refractivity contribution in [1.29, 1.82) is 5.26 Å². The molecule has 98 valence electrons. The molecule has 1 fully saturated rings. The molecule has 1 aliphatic heterocycles. The second kappa shape index (κ2) is 7.65. The largest absolute Gasteiger partial charge is 0.380 e. The van der Waals surface area contributed by atoms with Gasteiger partial charge in [0.05, 0.1) is 12.7 Å². The molecule has 0 spiro atoms. The van der Waals surface area contributed by atoms with Gasteiger partial charge >= 0.3 is 0 Å². The fourth-order valence-electron chi connectivity index (χ4n) is 2.04. The summed E-state index contributed by atoms with van der Waals surface area (Å²) in [4.78, 5) is 2.35. The Labute approximate surface area is 104 Å². The molecule has 4 nitrogen and oxygen atoms in total. The Balaban J connectivity index is 2.13. The van der Waals surface area contributed by atoms with Crippen LogP contribution in [0, 0.1) is 11.3 Å². The molecule has 0 N–H and O–H groups in total. The van der Waals surface area contributed by atoms with E-state index in [9.17, 15) is 0 Å². The van der Waals surface area contributed by atoms with Gasteiger partial charge in [0.2, 0.25) is 0 Å². The van der Waals surface area contributed by atoms with Gasteiger partial charge in [0.25, 0.3) is 0 Å². The summed E-state index contributed by atoms with van der Waals surface area (Å²) >= 11 is 0. The highest BCUT2D eigenvalue weighted by Crippen LogP contribution is 2.24. The maximum Gasteiger partial charge on any atom is 0.156 e. The van der Waals surface area contributed by atoms with Crippen LogP contribution in [0.1, 0.15) is 32.6 Å². The Kier molecular flexibility index (Phi) is 6.49. The maximum absolute atomic E-state index is 9.08. The standard InChI is InChI=1S/C13H24N2O2/c1-3-4-10-17-11-9-15-7-5-13(12-14,16-2)6-8-15/h3-11H2,1-2H3. The van der Waals surface area contributed by atoms with Crippen molar-refractivity contribution in [2.24, 2.45) is 0 Å². The predicted octanol–water partition coefficient (Wildman–Crippen LogP) is 1.81. The van der Waals surface area contributed by atoms with Gasteiger partial charge in [-0.25, -0.2) is 0 Å². The third-order valence-electron chi connectivity index (χ3n) is 3.45. The number of piperidine rings is 1. The number of nitrogens with zero attached hydrogens (tertiary/aromatic N) is 2. The van der Waals surface area contributed by atoms with Crippen LogP contribution in [0.4, 0.5) is 0 Å². The fourth-order valence-corrected chi connectivity index (χ4v) is 2.04. The van der Waals surface area contributed by atoms with E-state index in [1.165, 1.54) is 6.42 Å². The molecule has 0 unspecified atom stereocenters. The third-order valence-corrected chi connectivity index (χ3v) is 3.45. The minimum atomic E-state index is -0.542. The van der Waals surface area contributed by atoms with Gasteiger partial charge in [-0.2, -0.15) is 5.26 Å². The Morgan fingerprint density at radius 1 is 1.29 bits per heavy atom. The van der Waals surface area contributed by atoms with Crippen molar-refractivity contribution >= 4 is 0 Å². The van der Waals surface area contributed by atoms with Gasteiger partial charge in [0.15, 0.2) is 5.60 Å². The SMILES string of the molecule is CCCCOCCN1CCC(C#N)(OC)CC1. The van der Waals surface area contributed by atoms with Crippen molar-refractivity contribution in [3.8, 4) is 6.07 Å². The van der Waals surface area contributed by atoms with Crippen LogP contribution in [0.3, 0.4) is 0 Å². The second-order valence-electron chi connectivity index (χ2n) is 4.62. The summed E-state index contributed by atoms with van der Waals surface area (Å²) in [6.45, 7) is 6.66. The first kappa shape index (κ1) is 14.4.